The van der Waals surface area contributed by atoms with Gasteiger partial charge in [-0.2, -0.15) is 0 Å². The third-order valence-electron chi connectivity index (χ3n) is 4.02. The van der Waals surface area contributed by atoms with E-state index in [0.29, 0.717) is 12.0 Å². The monoisotopic (exact) mass is 229 g/mol. The van der Waals surface area contributed by atoms with Gasteiger partial charge in [-0.05, 0) is 32.2 Å². The molecule has 0 radical (unpaired) electrons. The summed E-state index contributed by atoms with van der Waals surface area (Å²) < 4.78 is 11.1. The maximum absolute atomic E-state index is 5.77. The Kier molecular flexibility index (Phi) is 5.73. The van der Waals surface area contributed by atoms with Crippen molar-refractivity contribution in [2.45, 2.75) is 39.7 Å². The first-order chi connectivity index (χ1) is 7.67. The molecule has 1 N–H and O–H groups in total. The van der Waals surface area contributed by atoms with Gasteiger partial charge in [-0.3, -0.25) is 0 Å². The van der Waals surface area contributed by atoms with Crippen molar-refractivity contribution < 1.29 is 9.47 Å². The Balaban J connectivity index is 2.60. The first kappa shape index (κ1) is 13.9. The largest absolute Gasteiger partial charge is 0.384 e. The average molecular weight is 229 g/mol. The van der Waals surface area contributed by atoms with Gasteiger partial charge in [0.25, 0.3) is 0 Å². The lowest BCUT2D eigenvalue weighted by Gasteiger charge is -2.38. The third kappa shape index (κ3) is 2.96. The highest BCUT2D eigenvalue weighted by Crippen LogP contribution is 2.41. The van der Waals surface area contributed by atoms with Crippen LogP contribution in [0.5, 0.6) is 0 Å². The van der Waals surface area contributed by atoms with Gasteiger partial charge in [0, 0.05) is 32.3 Å². The molecule has 0 aromatic heterocycles. The van der Waals surface area contributed by atoms with Gasteiger partial charge < -0.3 is 14.8 Å². The van der Waals surface area contributed by atoms with Crippen LogP contribution < -0.4 is 5.32 Å². The second-order valence-electron chi connectivity index (χ2n) is 5.03. The van der Waals surface area contributed by atoms with Crippen LogP contribution in [0.4, 0.5) is 0 Å². The predicted molar refractivity (Wildman–Crippen MR) is 66.7 cm³/mol. The maximum Gasteiger partial charge on any atom is 0.0619 e. The Morgan fingerprint density at radius 2 is 2.31 bits per heavy atom. The van der Waals surface area contributed by atoms with Crippen molar-refractivity contribution in [2.24, 2.45) is 11.3 Å². The van der Waals surface area contributed by atoms with Crippen LogP contribution >= 0.6 is 0 Å². The Labute approximate surface area is 99.9 Å². The van der Waals surface area contributed by atoms with Gasteiger partial charge >= 0.3 is 0 Å². The molecule has 1 fully saturated rings. The van der Waals surface area contributed by atoms with Gasteiger partial charge in [0.05, 0.1) is 6.10 Å². The van der Waals surface area contributed by atoms with E-state index in [4.69, 9.17) is 9.47 Å². The van der Waals surface area contributed by atoms with E-state index in [1.54, 1.807) is 7.11 Å². The number of nitrogens with one attached hydrogen (secondary N) is 1. The minimum Gasteiger partial charge on any atom is -0.384 e. The lowest BCUT2D eigenvalue weighted by atomic mass is 9.71. The van der Waals surface area contributed by atoms with E-state index in [-0.39, 0.29) is 5.41 Å². The topological polar surface area (TPSA) is 30.5 Å². The molecule has 0 spiro atoms. The Morgan fingerprint density at radius 1 is 1.56 bits per heavy atom. The summed E-state index contributed by atoms with van der Waals surface area (Å²) in [6, 6.07) is 0. The van der Waals surface area contributed by atoms with E-state index in [0.717, 1.165) is 32.7 Å². The predicted octanol–water partition coefficient (Wildman–Crippen LogP) is 2.06. The zero-order valence-corrected chi connectivity index (χ0v) is 11.2. The summed E-state index contributed by atoms with van der Waals surface area (Å²) in [7, 11) is 1.78. The number of rotatable bonds is 7. The SMILES string of the molecule is CCCNCC1(C(C)COC)CCOC1C. The van der Waals surface area contributed by atoms with Crippen molar-refractivity contribution in [3.05, 3.63) is 0 Å². The van der Waals surface area contributed by atoms with Crippen LogP contribution in [-0.2, 0) is 9.47 Å². The van der Waals surface area contributed by atoms with Crippen LogP contribution in [0, 0.1) is 11.3 Å². The first-order valence-corrected chi connectivity index (χ1v) is 6.48. The lowest BCUT2D eigenvalue weighted by Crippen LogP contribution is -2.46. The number of hydrogen-bond acceptors (Lipinski definition) is 3. The molecule has 0 aliphatic carbocycles. The minimum atomic E-state index is 0.255. The molecule has 1 aliphatic rings. The molecule has 0 amide bonds. The Hall–Kier alpha value is -0.120. The van der Waals surface area contributed by atoms with Crippen molar-refractivity contribution in [2.75, 3.05) is 33.4 Å². The molecule has 3 nitrogen and oxygen atoms in total. The zero-order valence-electron chi connectivity index (χ0n) is 11.2. The normalized spacial score (nSPS) is 31.9. The Bertz CT molecular complexity index is 198. The van der Waals surface area contributed by atoms with Crippen molar-refractivity contribution in [3.8, 4) is 0 Å². The molecule has 3 heteroatoms. The van der Waals surface area contributed by atoms with E-state index in [2.05, 4.69) is 26.1 Å². The molecule has 96 valence electrons. The standard InChI is InChI=1S/C13H27NO2/c1-5-7-14-10-13(11(2)9-15-4)6-8-16-12(13)3/h11-12,14H,5-10H2,1-4H3. The fourth-order valence-electron chi connectivity index (χ4n) is 2.76. The molecule has 16 heavy (non-hydrogen) atoms. The van der Waals surface area contributed by atoms with Crippen molar-refractivity contribution in [1.82, 2.24) is 5.32 Å². The van der Waals surface area contributed by atoms with E-state index in [1.165, 1.54) is 6.42 Å². The van der Waals surface area contributed by atoms with E-state index in [9.17, 15) is 0 Å². The highest BCUT2D eigenvalue weighted by Gasteiger charge is 2.45. The number of hydrogen-bond donors (Lipinski definition) is 1. The summed E-state index contributed by atoms with van der Waals surface area (Å²) in [4.78, 5) is 0. The van der Waals surface area contributed by atoms with E-state index in [1.807, 2.05) is 0 Å². The quantitative estimate of drug-likeness (QED) is 0.678. The molecule has 1 saturated heterocycles. The highest BCUT2D eigenvalue weighted by molar-refractivity contribution is 4.95. The molecule has 0 aromatic rings. The lowest BCUT2D eigenvalue weighted by molar-refractivity contribution is 0.00452. The summed E-state index contributed by atoms with van der Waals surface area (Å²) in [5.74, 6) is 0.541. The number of ether oxygens (including phenoxy) is 2. The van der Waals surface area contributed by atoms with Gasteiger partial charge in [0.2, 0.25) is 0 Å². The van der Waals surface area contributed by atoms with Gasteiger partial charge in [0.15, 0.2) is 0 Å². The van der Waals surface area contributed by atoms with Crippen molar-refractivity contribution in [3.63, 3.8) is 0 Å². The molecular formula is C13H27NO2. The van der Waals surface area contributed by atoms with Crippen molar-refractivity contribution in [1.29, 1.82) is 0 Å². The van der Waals surface area contributed by atoms with Gasteiger partial charge in [-0.25, -0.2) is 0 Å². The molecule has 3 atom stereocenters. The van der Waals surface area contributed by atoms with Gasteiger partial charge in [0.1, 0.15) is 0 Å². The maximum atomic E-state index is 5.77. The smallest absolute Gasteiger partial charge is 0.0619 e. The molecular weight excluding hydrogens is 202 g/mol. The van der Waals surface area contributed by atoms with E-state index < -0.39 is 0 Å². The van der Waals surface area contributed by atoms with Crippen LogP contribution in [0.3, 0.4) is 0 Å². The molecule has 0 saturated carbocycles. The van der Waals surface area contributed by atoms with E-state index >= 15 is 0 Å². The molecule has 1 aliphatic heterocycles. The molecule has 0 bridgehead atoms. The molecule has 1 heterocycles. The van der Waals surface area contributed by atoms with Crippen molar-refractivity contribution >= 4 is 0 Å². The summed E-state index contributed by atoms with van der Waals surface area (Å²) in [5.41, 5.74) is 0.255. The number of methoxy groups -OCH3 is 1. The first-order valence-electron chi connectivity index (χ1n) is 6.48. The van der Waals surface area contributed by atoms with Crippen LogP contribution in [0.15, 0.2) is 0 Å². The summed E-state index contributed by atoms with van der Waals surface area (Å²) in [5, 5.41) is 3.55. The fourth-order valence-corrected chi connectivity index (χ4v) is 2.76. The molecule has 1 rings (SSSR count). The zero-order chi connectivity index (χ0) is 12.0. The van der Waals surface area contributed by atoms with Crippen LogP contribution in [-0.4, -0.2) is 39.5 Å². The summed E-state index contributed by atoms with van der Waals surface area (Å²) >= 11 is 0. The second kappa shape index (κ2) is 6.58. The molecule has 0 aromatic carbocycles. The Morgan fingerprint density at radius 3 is 2.81 bits per heavy atom. The average Bonchev–Trinajstić information content (AvgIpc) is 2.62. The van der Waals surface area contributed by atoms with Gasteiger partial charge in [-0.15, -0.1) is 0 Å². The van der Waals surface area contributed by atoms with Gasteiger partial charge in [-0.1, -0.05) is 13.8 Å². The fraction of sp³-hybridized carbons (Fsp3) is 1.00. The van der Waals surface area contributed by atoms with Crippen LogP contribution in [0.1, 0.15) is 33.6 Å². The van der Waals surface area contributed by atoms with Crippen LogP contribution in [0.25, 0.3) is 0 Å². The summed E-state index contributed by atoms with van der Waals surface area (Å²) in [6.45, 7) is 10.5. The minimum absolute atomic E-state index is 0.255. The highest BCUT2D eigenvalue weighted by atomic mass is 16.5. The molecule has 3 unspecified atom stereocenters. The second-order valence-corrected chi connectivity index (χ2v) is 5.03. The third-order valence-corrected chi connectivity index (χ3v) is 4.02. The van der Waals surface area contributed by atoms with Crippen LogP contribution in [0.2, 0.25) is 0 Å². The summed E-state index contributed by atoms with van der Waals surface area (Å²) in [6.07, 6.45) is 2.67.